The number of pyridine rings is 1. The van der Waals surface area contributed by atoms with Crippen LogP contribution in [0.1, 0.15) is 42.4 Å². The Morgan fingerprint density at radius 2 is 2.15 bits per heavy atom. The van der Waals surface area contributed by atoms with Crippen molar-refractivity contribution in [2.45, 2.75) is 45.1 Å². The van der Waals surface area contributed by atoms with Gasteiger partial charge in [-0.3, -0.25) is 19.6 Å². The average Bonchev–Trinajstić information content (AvgIpc) is 2.91. The first-order valence-electron chi connectivity index (χ1n) is 9.22. The number of carbonyl (C=O) groups is 1. The summed E-state index contributed by atoms with van der Waals surface area (Å²) in [6.45, 7) is 7.13. The largest absolute Gasteiger partial charge is 0.299 e. The van der Waals surface area contributed by atoms with E-state index in [2.05, 4.69) is 22.9 Å². The third kappa shape index (κ3) is 2.98. The molecule has 2 aromatic rings. The Hall–Kier alpha value is -2.34. The Labute approximate surface area is 154 Å². The van der Waals surface area contributed by atoms with Crippen LogP contribution in [0.25, 0.3) is 0 Å². The number of anilines is 1. The molecule has 136 valence electrons. The maximum Gasteiger partial charge on any atom is 0.232 e. The third-order valence-corrected chi connectivity index (χ3v) is 5.66. The van der Waals surface area contributed by atoms with Gasteiger partial charge in [0.15, 0.2) is 0 Å². The van der Waals surface area contributed by atoms with Crippen LogP contribution in [-0.2, 0) is 23.2 Å². The molecule has 26 heavy (non-hydrogen) atoms. The highest BCUT2D eigenvalue weighted by Crippen LogP contribution is 2.36. The van der Waals surface area contributed by atoms with Crippen LogP contribution in [0, 0.1) is 6.92 Å². The number of hydrogen-bond acceptors (Lipinski definition) is 5. The van der Waals surface area contributed by atoms with Crippen LogP contribution in [0.3, 0.4) is 0 Å². The molecule has 0 unspecified atom stereocenters. The molecule has 0 aromatic carbocycles. The zero-order chi connectivity index (χ0) is 18.3. The molecular formula is C20H25N5O. The van der Waals surface area contributed by atoms with E-state index < -0.39 is 0 Å². The number of nitrogens with zero attached hydrogens (tertiary/aromatic N) is 5. The van der Waals surface area contributed by atoms with Gasteiger partial charge in [0.25, 0.3) is 0 Å². The minimum atomic E-state index is -0.104. The SMILES string of the molecule is Cc1nc([C@@]2(C)CCCN(Cc3cccnc3)C2)nc2c1CC(=O)N2C. The number of aryl methyl sites for hydroxylation is 1. The fourth-order valence-electron chi connectivity index (χ4n) is 4.13. The van der Waals surface area contributed by atoms with E-state index in [1.807, 2.05) is 32.4 Å². The summed E-state index contributed by atoms with van der Waals surface area (Å²) < 4.78 is 0. The van der Waals surface area contributed by atoms with Crippen molar-refractivity contribution in [3.05, 3.63) is 47.2 Å². The maximum atomic E-state index is 12.0. The van der Waals surface area contributed by atoms with Crippen molar-refractivity contribution in [1.82, 2.24) is 19.9 Å². The van der Waals surface area contributed by atoms with Crippen LogP contribution >= 0.6 is 0 Å². The molecule has 1 atom stereocenters. The van der Waals surface area contributed by atoms with Gasteiger partial charge in [0, 0.05) is 49.2 Å². The second-order valence-corrected chi connectivity index (χ2v) is 7.80. The molecule has 1 amide bonds. The van der Waals surface area contributed by atoms with Crippen LogP contribution in [0.2, 0.25) is 0 Å². The number of rotatable bonds is 3. The lowest BCUT2D eigenvalue weighted by Gasteiger charge is -2.39. The van der Waals surface area contributed by atoms with Crippen molar-refractivity contribution < 1.29 is 4.79 Å². The first-order chi connectivity index (χ1) is 12.5. The summed E-state index contributed by atoms with van der Waals surface area (Å²) in [5.74, 6) is 1.76. The van der Waals surface area contributed by atoms with Crippen LogP contribution in [-0.4, -0.2) is 45.9 Å². The summed E-state index contributed by atoms with van der Waals surface area (Å²) in [5, 5.41) is 0. The van der Waals surface area contributed by atoms with Gasteiger partial charge in [-0.25, -0.2) is 9.97 Å². The predicted molar refractivity (Wildman–Crippen MR) is 100.0 cm³/mol. The number of amides is 1. The van der Waals surface area contributed by atoms with Gasteiger partial charge in [0.2, 0.25) is 5.91 Å². The number of piperidine rings is 1. The lowest BCUT2D eigenvalue weighted by molar-refractivity contribution is -0.117. The molecule has 0 saturated carbocycles. The van der Waals surface area contributed by atoms with Gasteiger partial charge in [0.1, 0.15) is 11.6 Å². The molecule has 0 N–H and O–H groups in total. The molecular weight excluding hydrogens is 326 g/mol. The fraction of sp³-hybridized carbons (Fsp3) is 0.500. The highest BCUT2D eigenvalue weighted by molar-refractivity contribution is 5.99. The van der Waals surface area contributed by atoms with E-state index in [0.717, 1.165) is 55.4 Å². The van der Waals surface area contributed by atoms with Crippen molar-refractivity contribution in [1.29, 1.82) is 0 Å². The fourth-order valence-corrected chi connectivity index (χ4v) is 4.13. The molecule has 0 radical (unpaired) electrons. The summed E-state index contributed by atoms with van der Waals surface area (Å²) in [5.41, 5.74) is 3.04. The van der Waals surface area contributed by atoms with Gasteiger partial charge in [0.05, 0.1) is 6.42 Å². The summed E-state index contributed by atoms with van der Waals surface area (Å²) in [4.78, 5) is 30.1. The molecule has 4 rings (SSSR count). The first-order valence-corrected chi connectivity index (χ1v) is 9.22. The molecule has 1 fully saturated rings. The number of aromatic nitrogens is 3. The Balaban J connectivity index is 1.61. The van der Waals surface area contributed by atoms with Crippen molar-refractivity contribution in [2.75, 3.05) is 25.0 Å². The van der Waals surface area contributed by atoms with Gasteiger partial charge in [-0.05, 0) is 37.9 Å². The molecule has 2 aliphatic rings. The summed E-state index contributed by atoms with van der Waals surface area (Å²) in [6.07, 6.45) is 6.34. The van der Waals surface area contributed by atoms with Crippen LogP contribution in [0.15, 0.2) is 24.5 Å². The van der Waals surface area contributed by atoms with E-state index in [1.54, 1.807) is 4.90 Å². The summed E-state index contributed by atoms with van der Waals surface area (Å²) in [7, 11) is 1.81. The molecule has 1 saturated heterocycles. The first kappa shape index (κ1) is 17.1. The summed E-state index contributed by atoms with van der Waals surface area (Å²) >= 11 is 0. The van der Waals surface area contributed by atoms with E-state index >= 15 is 0 Å². The smallest absolute Gasteiger partial charge is 0.232 e. The van der Waals surface area contributed by atoms with E-state index in [4.69, 9.17) is 9.97 Å². The van der Waals surface area contributed by atoms with Crippen molar-refractivity contribution in [2.24, 2.45) is 0 Å². The van der Waals surface area contributed by atoms with Crippen LogP contribution < -0.4 is 4.90 Å². The highest BCUT2D eigenvalue weighted by atomic mass is 16.2. The van der Waals surface area contributed by atoms with Crippen molar-refractivity contribution in [3.63, 3.8) is 0 Å². The lowest BCUT2D eigenvalue weighted by Crippen LogP contribution is -2.45. The molecule has 2 aliphatic heterocycles. The quantitative estimate of drug-likeness (QED) is 0.849. The van der Waals surface area contributed by atoms with Gasteiger partial charge in [-0.2, -0.15) is 0 Å². The highest BCUT2D eigenvalue weighted by Gasteiger charge is 2.38. The Morgan fingerprint density at radius 1 is 1.31 bits per heavy atom. The number of likely N-dealkylation sites (N-methyl/N-ethyl adjacent to an activating group) is 1. The third-order valence-electron chi connectivity index (χ3n) is 5.66. The lowest BCUT2D eigenvalue weighted by atomic mass is 9.80. The Bertz CT molecular complexity index is 838. The van der Waals surface area contributed by atoms with Gasteiger partial charge in [-0.1, -0.05) is 13.0 Å². The minimum absolute atomic E-state index is 0.0987. The van der Waals surface area contributed by atoms with Crippen LogP contribution in [0.5, 0.6) is 0 Å². The average molecular weight is 351 g/mol. The Morgan fingerprint density at radius 3 is 2.92 bits per heavy atom. The van der Waals surface area contributed by atoms with E-state index in [-0.39, 0.29) is 11.3 Å². The predicted octanol–water partition coefficient (Wildman–Crippen LogP) is 2.25. The van der Waals surface area contributed by atoms with Crippen molar-refractivity contribution >= 4 is 11.7 Å². The summed E-state index contributed by atoms with van der Waals surface area (Å²) in [6, 6.07) is 4.11. The number of hydrogen-bond donors (Lipinski definition) is 0. The number of carbonyl (C=O) groups excluding carboxylic acids is 1. The maximum absolute atomic E-state index is 12.0. The minimum Gasteiger partial charge on any atom is -0.299 e. The molecule has 6 nitrogen and oxygen atoms in total. The second kappa shape index (κ2) is 6.43. The molecule has 2 aromatic heterocycles. The molecule has 6 heteroatoms. The number of likely N-dealkylation sites (tertiary alicyclic amines) is 1. The number of fused-ring (bicyclic) bond motifs is 1. The van der Waals surface area contributed by atoms with Gasteiger partial charge in [-0.15, -0.1) is 0 Å². The normalized spacial score (nSPS) is 23.3. The Kier molecular flexibility index (Phi) is 4.23. The standard InChI is InChI=1S/C20H25N5O/c1-14-16-10-17(26)24(3)18(16)23-19(22-14)20(2)7-5-9-25(13-20)12-15-6-4-8-21-11-15/h4,6,8,11H,5,7,9-10,12-13H2,1-3H3/t20-/m0/s1. The zero-order valence-corrected chi connectivity index (χ0v) is 15.7. The second-order valence-electron chi connectivity index (χ2n) is 7.80. The van der Waals surface area contributed by atoms with E-state index in [9.17, 15) is 4.79 Å². The van der Waals surface area contributed by atoms with Gasteiger partial charge >= 0.3 is 0 Å². The van der Waals surface area contributed by atoms with Crippen LogP contribution in [0.4, 0.5) is 5.82 Å². The zero-order valence-electron chi connectivity index (χ0n) is 15.7. The topological polar surface area (TPSA) is 62.2 Å². The van der Waals surface area contributed by atoms with E-state index in [1.165, 1.54) is 5.56 Å². The molecule has 0 spiro atoms. The van der Waals surface area contributed by atoms with E-state index in [0.29, 0.717) is 6.42 Å². The van der Waals surface area contributed by atoms with Crippen molar-refractivity contribution in [3.8, 4) is 0 Å². The molecule has 0 aliphatic carbocycles. The molecule has 0 bridgehead atoms. The van der Waals surface area contributed by atoms with Gasteiger partial charge < -0.3 is 0 Å². The monoisotopic (exact) mass is 351 g/mol. The molecule has 4 heterocycles.